The van der Waals surface area contributed by atoms with E-state index in [4.69, 9.17) is 9.53 Å². The lowest BCUT2D eigenvalue weighted by atomic mass is 9.93. The van der Waals surface area contributed by atoms with Crippen LogP contribution < -0.4 is 5.32 Å². The number of nitrogens with one attached hydrogen (secondary N) is 1. The van der Waals surface area contributed by atoms with Gasteiger partial charge in [0.2, 0.25) is 0 Å². The van der Waals surface area contributed by atoms with Gasteiger partial charge in [-0.2, -0.15) is 0 Å². The van der Waals surface area contributed by atoms with Crippen molar-refractivity contribution in [3.8, 4) is 0 Å². The second kappa shape index (κ2) is 11.2. The molecular weight excluding hydrogens is 422 g/mol. The van der Waals surface area contributed by atoms with Crippen molar-refractivity contribution in [3.05, 3.63) is 34.3 Å². The molecule has 1 aromatic carbocycles. The summed E-state index contributed by atoms with van der Waals surface area (Å²) in [6.07, 6.45) is 0.715. The van der Waals surface area contributed by atoms with Gasteiger partial charge in [-0.3, -0.25) is 0 Å². The molecule has 1 atom stereocenters. The molecule has 0 heterocycles. The average molecular weight is 459 g/mol. The molecule has 0 spiro atoms. The topological polar surface area (TPSA) is 58.6 Å². The normalized spacial score (nSPS) is 13.4. The zero-order chi connectivity index (χ0) is 20.6. The van der Waals surface area contributed by atoms with Crippen LogP contribution in [0.5, 0.6) is 0 Å². The van der Waals surface area contributed by atoms with E-state index in [9.17, 15) is 4.79 Å². The third-order valence-electron chi connectivity index (χ3n) is 5.64. The molecule has 1 rings (SSSR count). The molecule has 1 amide bonds. The first-order valence-corrected chi connectivity index (χ1v) is 12.9. The zero-order valence-corrected chi connectivity index (χ0v) is 20.2. The second-order valence-corrected chi connectivity index (χ2v) is 14.6. The molecule has 0 fully saturated rings. The first kappa shape index (κ1) is 24.2. The van der Waals surface area contributed by atoms with E-state index in [1.807, 2.05) is 12.1 Å². The number of amides is 1. The molecule has 27 heavy (non-hydrogen) atoms. The molecule has 4 nitrogen and oxygen atoms in total. The Labute approximate surface area is 174 Å². The first-order chi connectivity index (χ1) is 12.6. The van der Waals surface area contributed by atoms with Crippen molar-refractivity contribution >= 4 is 30.3 Å². The van der Waals surface area contributed by atoms with E-state index in [0.29, 0.717) is 23.2 Å². The SMILES string of the molecule is CC(C)[Si](OCCC(CCNC(=O)O)c1ccc(Br)cc1)(C(C)C)C(C)C. The zero-order valence-electron chi connectivity index (χ0n) is 17.6. The fourth-order valence-corrected chi connectivity index (χ4v) is 10.2. The Hall–Kier alpha value is -0.853. The Kier molecular flexibility index (Phi) is 10.1. The van der Waals surface area contributed by atoms with Crippen LogP contribution in [-0.2, 0) is 4.43 Å². The number of hydrogen-bond donors (Lipinski definition) is 2. The number of rotatable bonds is 11. The Balaban J connectivity index is 2.85. The maximum Gasteiger partial charge on any atom is 0.404 e. The number of hydrogen-bond acceptors (Lipinski definition) is 2. The Morgan fingerprint density at radius 2 is 1.56 bits per heavy atom. The summed E-state index contributed by atoms with van der Waals surface area (Å²) in [6.45, 7) is 15.0. The van der Waals surface area contributed by atoms with Crippen LogP contribution in [0.2, 0.25) is 16.6 Å². The summed E-state index contributed by atoms with van der Waals surface area (Å²) in [5.74, 6) is 0.281. The minimum Gasteiger partial charge on any atom is -0.465 e. The van der Waals surface area contributed by atoms with Crippen molar-refractivity contribution < 1.29 is 14.3 Å². The van der Waals surface area contributed by atoms with E-state index in [1.54, 1.807) is 0 Å². The van der Waals surface area contributed by atoms with Crippen LogP contribution in [0, 0.1) is 0 Å². The second-order valence-electron chi connectivity index (χ2n) is 8.22. The largest absolute Gasteiger partial charge is 0.465 e. The Morgan fingerprint density at radius 3 is 2.00 bits per heavy atom. The summed E-state index contributed by atoms with van der Waals surface area (Å²) in [7, 11) is -1.87. The van der Waals surface area contributed by atoms with Gasteiger partial charge in [0, 0.05) is 17.6 Å². The number of carboxylic acid groups (broad SMARTS) is 1. The van der Waals surface area contributed by atoms with Crippen molar-refractivity contribution in [1.29, 1.82) is 0 Å². The quantitative estimate of drug-likeness (QED) is 0.360. The molecule has 0 aromatic heterocycles. The standard InChI is InChI=1S/C21H36BrNO3Si/c1-15(2)27(16(3)4,17(5)6)26-14-12-19(11-13-23-21(24)25)18-7-9-20(22)10-8-18/h7-10,15-17,19,23H,11-14H2,1-6H3,(H,24,25). The van der Waals surface area contributed by atoms with Crippen molar-refractivity contribution in [1.82, 2.24) is 5.32 Å². The van der Waals surface area contributed by atoms with Gasteiger partial charge in [-0.1, -0.05) is 69.6 Å². The van der Waals surface area contributed by atoms with Gasteiger partial charge in [-0.25, -0.2) is 4.79 Å². The molecule has 0 aliphatic carbocycles. The van der Waals surface area contributed by atoms with E-state index < -0.39 is 14.4 Å². The van der Waals surface area contributed by atoms with Crippen LogP contribution in [0.1, 0.15) is 65.9 Å². The van der Waals surface area contributed by atoms with E-state index in [1.165, 1.54) is 5.56 Å². The summed E-state index contributed by atoms with van der Waals surface area (Å²) in [5.41, 5.74) is 2.94. The fourth-order valence-electron chi connectivity index (χ4n) is 4.44. The molecule has 0 saturated heterocycles. The predicted octanol–water partition coefficient (Wildman–Crippen LogP) is 6.77. The fraction of sp³-hybridized carbons (Fsp3) is 0.667. The van der Waals surface area contributed by atoms with Crippen LogP contribution in [-0.4, -0.2) is 32.7 Å². The molecule has 0 radical (unpaired) electrons. The third-order valence-corrected chi connectivity index (χ3v) is 12.3. The minimum absolute atomic E-state index is 0.281. The number of halogens is 1. The van der Waals surface area contributed by atoms with E-state index >= 15 is 0 Å². The molecule has 6 heteroatoms. The summed E-state index contributed by atoms with van der Waals surface area (Å²) >= 11 is 3.48. The average Bonchev–Trinajstić information content (AvgIpc) is 2.56. The summed E-state index contributed by atoms with van der Waals surface area (Å²) in [4.78, 5) is 10.8. The van der Waals surface area contributed by atoms with Gasteiger partial charge >= 0.3 is 6.09 Å². The lowest BCUT2D eigenvalue weighted by molar-refractivity contribution is 0.193. The molecule has 2 N–H and O–H groups in total. The van der Waals surface area contributed by atoms with Gasteiger partial charge in [-0.05, 0) is 53.1 Å². The molecule has 0 aliphatic rings. The Morgan fingerprint density at radius 1 is 1.04 bits per heavy atom. The third kappa shape index (κ3) is 6.91. The van der Waals surface area contributed by atoms with Crippen LogP contribution in [0.25, 0.3) is 0 Å². The smallest absolute Gasteiger partial charge is 0.404 e. The van der Waals surface area contributed by atoms with Crippen LogP contribution in [0.15, 0.2) is 28.7 Å². The lowest BCUT2D eigenvalue weighted by Crippen LogP contribution is -2.48. The summed E-state index contributed by atoms with van der Waals surface area (Å²) in [6, 6.07) is 8.33. The molecule has 0 bridgehead atoms. The van der Waals surface area contributed by atoms with Gasteiger partial charge in [0.1, 0.15) is 0 Å². The minimum atomic E-state index is -1.87. The highest BCUT2D eigenvalue weighted by Gasteiger charge is 2.44. The summed E-state index contributed by atoms with van der Waals surface area (Å²) < 4.78 is 7.76. The highest BCUT2D eigenvalue weighted by atomic mass is 79.9. The van der Waals surface area contributed by atoms with Gasteiger partial charge in [0.25, 0.3) is 0 Å². The molecule has 1 unspecified atom stereocenters. The number of carbonyl (C=O) groups is 1. The van der Waals surface area contributed by atoms with Gasteiger partial charge < -0.3 is 14.8 Å². The van der Waals surface area contributed by atoms with Crippen molar-refractivity contribution in [2.45, 2.75) is 76.9 Å². The lowest BCUT2D eigenvalue weighted by Gasteiger charge is -2.42. The predicted molar refractivity (Wildman–Crippen MR) is 119 cm³/mol. The number of benzene rings is 1. The van der Waals surface area contributed by atoms with Crippen molar-refractivity contribution in [2.75, 3.05) is 13.2 Å². The monoisotopic (exact) mass is 457 g/mol. The van der Waals surface area contributed by atoms with Gasteiger partial charge in [0.15, 0.2) is 8.32 Å². The van der Waals surface area contributed by atoms with Crippen molar-refractivity contribution in [3.63, 3.8) is 0 Å². The maximum atomic E-state index is 10.8. The molecule has 0 aliphatic heterocycles. The molecular formula is C21H36BrNO3Si. The molecule has 1 aromatic rings. The van der Waals surface area contributed by atoms with Gasteiger partial charge in [0.05, 0.1) is 0 Å². The highest BCUT2D eigenvalue weighted by Crippen LogP contribution is 2.42. The molecule has 154 valence electrons. The highest BCUT2D eigenvalue weighted by molar-refractivity contribution is 9.10. The maximum absolute atomic E-state index is 10.8. The van der Waals surface area contributed by atoms with E-state index in [0.717, 1.165) is 23.9 Å². The van der Waals surface area contributed by atoms with Crippen molar-refractivity contribution in [2.24, 2.45) is 0 Å². The Bertz CT molecular complexity index is 554. The van der Waals surface area contributed by atoms with E-state index in [-0.39, 0.29) is 5.92 Å². The van der Waals surface area contributed by atoms with Crippen LogP contribution in [0.3, 0.4) is 0 Å². The van der Waals surface area contributed by atoms with E-state index in [2.05, 4.69) is 74.9 Å². The first-order valence-electron chi connectivity index (χ1n) is 9.97. The van der Waals surface area contributed by atoms with Crippen LogP contribution >= 0.6 is 15.9 Å². The van der Waals surface area contributed by atoms with Crippen LogP contribution in [0.4, 0.5) is 4.79 Å². The van der Waals surface area contributed by atoms with Gasteiger partial charge in [-0.15, -0.1) is 0 Å². The molecule has 0 saturated carbocycles. The summed E-state index contributed by atoms with van der Waals surface area (Å²) in [5, 5.41) is 11.4.